The maximum atomic E-state index is 11.1. The molecule has 7 heteroatoms. The number of hydrogen-bond donors (Lipinski definition) is 1. The fourth-order valence-electron chi connectivity index (χ4n) is 1.83. The van der Waals surface area contributed by atoms with Crippen molar-refractivity contribution in [3.8, 4) is 5.69 Å². The minimum absolute atomic E-state index is 0.0277. The molecule has 0 radical (unpaired) electrons. The molecule has 0 saturated heterocycles. The van der Waals surface area contributed by atoms with Crippen molar-refractivity contribution in [1.82, 2.24) is 20.3 Å². The number of nitro benzene ring substituents is 1. The van der Waals surface area contributed by atoms with Crippen LogP contribution in [0.1, 0.15) is 18.2 Å². The Labute approximate surface area is 110 Å². The summed E-state index contributed by atoms with van der Waals surface area (Å²) in [6, 6.07) is 4.94. The summed E-state index contributed by atoms with van der Waals surface area (Å²) >= 11 is 0. The molecule has 0 unspecified atom stereocenters. The molecule has 0 atom stereocenters. The molecule has 19 heavy (non-hydrogen) atoms. The smallest absolute Gasteiger partial charge is 0.295 e. The minimum atomic E-state index is -0.409. The molecule has 0 saturated carbocycles. The van der Waals surface area contributed by atoms with Crippen LogP contribution in [0, 0.1) is 17.0 Å². The zero-order valence-corrected chi connectivity index (χ0v) is 10.8. The average Bonchev–Trinajstić information content (AvgIpc) is 2.84. The van der Waals surface area contributed by atoms with Crippen molar-refractivity contribution >= 4 is 5.69 Å². The van der Waals surface area contributed by atoms with E-state index in [0.29, 0.717) is 12.2 Å². The normalized spacial score (nSPS) is 10.6. The Morgan fingerprint density at radius 1 is 1.47 bits per heavy atom. The number of nitrogens with zero attached hydrogens (tertiary/aromatic N) is 4. The van der Waals surface area contributed by atoms with Gasteiger partial charge >= 0.3 is 0 Å². The van der Waals surface area contributed by atoms with Crippen molar-refractivity contribution in [3.63, 3.8) is 0 Å². The zero-order valence-electron chi connectivity index (χ0n) is 10.8. The number of benzene rings is 1. The van der Waals surface area contributed by atoms with Gasteiger partial charge in [0.2, 0.25) is 0 Å². The SMILES string of the molecule is CCNCc1cn(-c2c(C)cccc2[N+](=O)[O-])nn1. The Kier molecular flexibility index (Phi) is 3.86. The number of nitro groups is 1. The molecule has 7 nitrogen and oxygen atoms in total. The van der Waals surface area contributed by atoms with Crippen LogP contribution in [0.3, 0.4) is 0 Å². The standard InChI is InChI=1S/C12H15N5O2/c1-3-13-7-10-8-16(15-14-10)12-9(2)5-4-6-11(12)17(18)19/h4-6,8,13H,3,7H2,1-2H3. The molecular formula is C12H15N5O2. The van der Waals surface area contributed by atoms with Crippen LogP contribution in [0.25, 0.3) is 5.69 Å². The summed E-state index contributed by atoms with van der Waals surface area (Å²) < 4.78 is 1.46. The Balaban J connectivity index is 2.41. The van der Waals surface area contributed by atoms with Crippen molar-refractivity contribution in [2.45, 2.75) is 20.4 Å². The maximum Gasteiger partial charge on any atom is 0.295 e. The lowest BCUT2D eigenvalue weighted by Gasteiger charge is -2.05. The van der Waals surface area contributed by atoms with Gasteiger partial charge in [0.25, 0.3) is 5.69 Å². The van der Waals surface area contributed by atoms with Crippen LogP contribution in [0.15, 0.2) is 24.4 Å². The Morgan fingerprint density at radius 3 is 2.95 bits per heavy atom. The van der Waals surface area contributed by atoms with Crippen LogP contribution >= 0.6 is 0 Å². The molecule has 0 aliphatic rings. The van der Waals surface area contributed by atoms with Gasteiger partial charge in [-0.05, 0) is 19.0 Å². The van der Waals surface area contributed by atoms with Crippen LogP contribution in [-0.2, 0) is 6.54 Å². The second-order valence-electron chi connectivity index (χ2n) is 4.13. The maximum absolute atomic E-state index is 11.1. The van der Waals surface area contributed by atoms with Gasteiger partial charge in [-0.25, -0.2) is 4.68 Å². The third-order valence-electron chi connectivity index (χ3n) is 2.74. The Morgan fingerprint density at radius 2 is 2.26 bits per heavy atom. The lowest BCUT2D eigenvalue weighted by molar-refractivity contribution is -0.384. The van der Waals surface area contributed by atoms with E-state index in [-0.39, 0.29) is 5.69 Å². The first-order valence-corrected chi connectivity index (χ1v) is 5.99. The minimum Gasteiger partial charge on any atom is -0.311 e. The first-order valence-electron chi connectivity index (χ1n) is 5.99. The van der Waals surface area contributed by atoms with Gasteiger partial charge in [0.15, 0.2) is 0 Å². The van der Waals surface area contributed by atoms with E-state index in [9.17, 15) is 10.1 Å². The monoisotopic (exact) mass is 261 g/mol. The number of aromatic nitrogens is 3. The van der Waals surface area contributed by atoms with Gasteiger partial charge in [-0.2, -0.15) is 0 Å². The molecule has 0 amide bonds. The van der Waals surface area contributed by atoms with Crippen LogP contribution < -0.4 is 5.32 Å². The fraction of sp³-hybridized carbons (Fsp3) is 0.333. The number of aryl methyl sites for hydroxylation is 1. The molecule has 1 aromatic carbocycles. The molecule has 0 aliphatic heterocycles. The summed E-state index contributed by atoms with van der Waals surface area (Å²) in [6.07, 6.45) is 1.71. The van der Waals surface area contributed by atoms with Crippen molar-refractivity contribution in [2.24, 2.45) is 0 Å². The molecule has 0 spiro atoms. The predicted octanol–water partition coefficient (Wildman–Crippen LogP) is 1.59. The number of para-hydroxylation sites is 1. The average molecular weight is 261 g/mol. The molecule has 1 aromatic heterocycles. The summed E-state index contributed by atoms with van der Waals surface area (Å²) in [5, 5.41) is 22.2. The first-order chi connectivity index (χ1) is 9.13. The highest BCUT2D eigenvalue weighted by atomic mass is 16.6. The van der Waals surface area contributed by atoms with E-state index < -0.39 is 4.92 Å². The summed E-state index contributed by atoms with van der Waals surface area (Å²) in [7, 11) is 0. The van der Waals surface area contributed by atoms with E-state index in [4.69, 9.17) is 0 Å². The topological polar surface area (TPSA) is 85.9 Å². The second kappa shape index (κ2) is 5.57. The van der Waals surface area contributed by atoms with Crippen molar-refractivity contribution in [3.05, 3.63) is 45.8 Å². The van der Waals surface area contributed by atoms with Crippen molar-refractivity contribution in [2.75, 3.05) is 6.54 Å². The van der Waals surface area contributed by atoms with Crippen LogP contribution in [-0.4, -0.2) is 26.5 Å². The fourth-order valence-corrected chi connectivity index (χ4v) is 1.83. The molecule has 2 rings (SSSR count). The third kappa shape index (κ3) is 2.76. The second-order valence-corrected chi connectivity index (χ2v) is 4.13. The molecule has 1 N–H and O–H groups in total. The lowest BCUT2D eigenvalue weighted by Crippen LogP contribution is -2.11. The first kappa shape index (κ1) is 13.2. The van der Waals surface area contributed by atoms with Gasteiger partial charge in [-0.3, -0.25) is 10.1 Å². The Hall–Kier alpha value is -2.28. The molecule has 0 fully saturated rings. The quantitative estimate of drug-likeness (QED) is 0.652. The highest BCUT2D eigenvalue weighted by Crippen LogP contribution is 2.25. The van der Waals surface area contributed by atoms with Crippen LogP contribution in [0.5, 0.6) is 0 Å². The van der Waals surface area contributed by atoms with Gasteiger partial charge in [-0.15, -0.1) is 5.10 Å². The molecule has 0 bridgehead atoms. The van der Waals surface area contributed by atoms with Gasteiger partial charge < -0.3 is 5.32 Å². The molecular weight excluding hydrogens is 246 g/mol. The molecule has 100 valence electrons. The molecule has 2 aromatic rings. The highest BCUT2D eigenvalue weighted by molar-refractivity contribution is 5.56. The van der Waals surface area contributed by atoms with Gasteiger partial charge in [0.05, 0.1) is 16.8 Å². The van der Waals surface area contributed by atoms with Gasteiger partial charge in [-0.1, -0.05) is 24.3 Å². The summed E-state index contributed by atoms with van der Waals surface area (Å²) in [5.74, 6) is 0. The van der Waals surface area contributed by atoms with Gasteiger partial charge in [0.1, 0.15) is 5.69 Å². The van der Waals surface area contributed by atoms with E-state index in [0.717, 1.165) is 17.8 Å². The van der Waals surface area contributed by atoms with Crippen molar-refractivity contribution in [1.29, 1.82) is 0 Å². The third-order valence-corrected chi connectivity index (χ3v) is 2.74. The van der Waals surface area contributed by atoms with E-state index in [1.54, 1.807) is 12.3 Å². The van der Waals surface area contributed by atoms with E-state index in [1.165, 1.54) is 10.7 Å². The number of rotatable bonds is 5. The largest absolute Gasteiger partial charge is 0.311 e. The van der Waals surface area contributed by atoms with Crippen LogP contribution in [0.2, 0.25) is 0 Å². The highest BCUT2D eigenvalue weighted by Gasteiger charge is 2.18. The number of hydrogen-bond acceptors (Lipinski definition) is 5. The molecule has 1 heterocycles. The Bertz CT molecular complexity index is 594. The predicted molar refractivity (Wildman–Crippen MR) is 70.1 cm³/mol. The molecule has 0 aliphatic carbocycles. The van der Waals surface area contributed by atoms with E-state index >= 15 is 0 Å². The van der Waals surface area contributed by atoms with E-state index in [1.807, 2.05) is 19.9 Å². The van der Waals surface area contributed by atoms with Crippen molar-refractivity contribution < 1.29 is 4.92 Å². The lowest BCUT2D eigenvalue weighted by atomic mass is 10.1. The van der Waals surface area contributed by atoms with Crippen LogP contribution in [0.4, 0.5) is 5.69 Å². The summed E-state index contributed by atoms with van der Waals surface area (Å²) in [5.41, 5.74) is 2.02. The number of nitrogens with one attached hydrogen (secondary N) is 1. The summed E-state index contributed by atoms with van der Waals surface area (Å²) in [4.78, 5) is 10.6. The summed E-state index contributed by atoms with van der Waals surface area (Å²) in [6.45, 7) is 5.23. The zero-order chi connectivity index (χ0) is 13.8. The van der Waals surface area contributed by atoms with E-state index in [2.05, 4.69) is 15.6 Å². The van der Waals surface area contributed by atoms with Gasteiger partial charge in [0, 0.05) is 12.6 Å².